The van der Waals surface area contributed by atoms with Gasteiger partial charge in [-0.05, 0) is 40.1 Å². The molecule has 0 amide bonds. The molecule has 2 aromatic rings. The second kappa shape index (κ2) is 3.63. The molecule has 0 aliphatic carbocycles. The minimum atomic E-state index is 0.674. The van der Waals surface area contributed by atoms with Gasteiger partial charge in [0.2, 0.25) is 0 Å². The van der Waals surface area contributed by atoms with Crippen LogP contribution in [0.4, 0.5) is 0 Å². The molecule has 0 radical (unpaired) electrons. The topological polar surface area (TPSA) is 9.23 Å². The van der Waals surface area contributed by atoms with Gasteiger partial charge in [-0.25, -0.2) is 0 Å². The van der Waals surface area contributed by atoms with Crippen LogP contribution in [-0.4, -0.2) is 7.11 Å². The Kier molecular flexibility index (Phi) is 2.67. The van der Waals surface area contributed by atoms with Gasteiger partial charge in [-0.1, -0.05) is 17.7 Å². The van der Waals surface area contributed by atoms with Crippen LogP contribution in [0.1, 0.15) is 0 Å². The molecule has 0 saturated carbocycles. The first-order valence-corrected chi connectivity index (χ1v) is 5.91. The highest BCUT2D eigenvalue weighted by Gasteiger charge is 2.08. The molecule has 13 heavy (non-hydrogen) atoms. The summed E-state index contributed by atoms with van der Waals surface area (Å²) in [6.07, 6.45) is 0. The second-order valence-corrected chi connectivity index (χ2v) is 5.90. The van der Waals surface area contributed by atoms with E-state index in [9.17, 15) is 0 Å². The summed E-state index contributed by atoms with van der Waals surface area (Å²) < 4.78 is 7.61. The summed E-state index contributed by atoms with van der Waals surface area (Å²) in [7, 11) is 1.65. The predicted molar refractivity (Wildman–Crippen MR) is 66.1 cm³/mol. The summed E-state index contributed by atoms with van der Waals surface area (Å²) in [5, 5.41) is 1.86. The first-order chi connectivity index (χ1) is 6.22. The van der Waals surface area contributed by atoms with Gasteiger partial charge in [0.05, 0.1) is 19.7 Å². The van der Waals surface area contributed by atoms with E-state index in [0.29, 0.717) is 5.02 Å². The summed E-state index contributed by atoms with van der Waals surface area (Å²) in [5.41, 5.74) is 0. The van der Waals surface area contributed by atoms with E-state index in [1.807, 2.05) is 12.1 Å². The molecule has 0 bridgehead atoms. The van der Waals surface area contributed by atoms with Crippen LogP contribution in [0, 0.1) is 2.88 Å². The largest absolute Gasteiger partial charge is 0.494 e. The number of hydrogen-bond donors (Lipinski definition) is 0. The van der Waals surface area contributed by atoms with Crippen LogP contribution in [0.3, 0.4) is 0 Å². The third-order valence-corrected chi connectivity index (χ3v) is 3.97. The maximum atomic E-state index is 5.99. The molecule has 1 aromatic carbocycles. The van der Waals surface area contributed by atoms with Crippen molar-refractivity contribution in [1.29, 1.82) is 0 Å². The fraction of sp³-hybridized carbons (Fsp3) is 0.111. The van der Waals surface area contributed by atoms with Crippen LogP contribution < -0.4 is 4.74 Å². The number of rotatable bonds is 1. The molecular formula is C9H6ClIOS. The Hall–Kier alpha value is -0.0000000000000000833. The van der Waals surface area contributed by atoms with E-state index in [1.54, 1.807) is 18.4 Å². The summed E-state index contributed by atoms with van der Waals surface area (Å²) in [6, 6.07) is 6.00. The number of thiophene rings is 1. The maximum Gasteiger partial charge on any atom is 0.155 e. The highest BCUT2D eigenvalue weighted by Crippen LogP contribution is 2.38. The van der Waals surface area contributed by atoms with Crippen LogP contribution in [0.15, 0.2) is 18.2 Å². The van der Waals surface area contributed by atoms with Crippen molar-refractivity contribution in [2.45, 2.75) is 0 Å². The average Bonchev–Trinajstić information content (AvgIpc) is 2.45. The van der Waals surface area contributed by atoms with Crippen molar-refractivity contribution in [2.24, 2.45) is 0 Å². The predicted octanol–water partition coefficient (Wildman–Crippen LogP) is 4.17. The van der Waals surface area contributed by atoms with Crippen molar-refractivity contribution in [3.05, 3.63) is 26.1 Å². The minimum Gasteiger partial charge on any atom is -0.494 e. The molecule has 0 unspecified atom stereocenters. The SMILES string of the molecule is COc1c(Cl)ccc2cc(I)sc12. The fourth-order valence-corrected chi connectivity index (χ4v) is 3.41. The quantitative estimate of drug-likeness (QED) is 0.716. The van der Waals surface area contributed by atoms with Gasteiger partial charge in [-0.15, -0.1) is 11.3 Å². The van der Waals surface area contributed by atoms with Crippen molar-refractivity contribution in [3.63, 3.8) is 0 Å². The molecule has 1 aromatic heterocycles. The van der Waals surface area contributed by atoms with Crippen LogP contribution in [0.5, 0.6) is 5.75 Å². The van der Waals surface area contributed by atoms with Crippen molar-refractivity contribution >= 4 is 55.6 Å². The van der Waals surface area contributed by atoms with Gasteiger partial charge >= 0.3 is 0 Å². The number of methoxy groups -OCH3 is 1. The Morgan fingerprint density at radius 2 is 2.23 bits per heavy atom. The molecular weight excluding hydrogens is 319 g/mol. The van der Waals surface area contributed by atoms with Gasteiger partial charge in [0.1, 0.15) is 0 Å². The van der Waals surface area contributed by atoms with E-state index in [4.69, 9.17) is 16.3 Å². The zero-order valence-corrected chi connectivity index (χ0v) is 10.5. The van der Waals surface area contributed by atoms with Crippen molar-refractivity contribution in [1.82, 2.24) is 0 Å². The van der Waals surface area contributed by atoms with Gasteiger partial charge in [-0.2, -0.15) is 0 Å². The molecule has 0 spiro atoms. The molecule has 0 N–H and O–H groups in total. The van der Waals surface area contributed by atoms with E-state index < -0.39 is 0 Å². The number of hydrogen-bond acceptors (Lipinski definition) is 2. The van der Waals surface area contributed by atoms with Crippen LogP contribution in [-0.2, 0) is 0 Å². The summed E-state index contributed by atoms with van der Waals surface area (Å²) in [6.45, 7) is 0. The smallest absolute Gasteiger partial charge is 0.155 e. The van der Waals surface area contributed by atoms with Gasteiger partial charge in [0.25, 0.3) is 0 Å². The van der Waals surface area contributed by atoms with Crippen molar-refractivity contribution in [3.8, 4) is 5.75 Å². The first-order valence-electron chi connectivity index (χ1n) is 3.64. The summed E-state index contributed by atoms with van der Waals surface area (Å²) in [4.78, 5) is 0. The fourth-order valence-electron chi connectivity index (χ4n) is 1.21. The lowest BCUT2D eigenvalue weighted by Gasteiger charge is -2.02. The lowest BCUT2D eigenvalue weighted by molar-refractivity contribution is 0.420. The Labute approximate surface area is 98.8 Å². The zero-order chi connectivity index (χ0) is 9.42. The Balaban J connectivity index is 2.82. The zero-order valence-electron chi connectivity index (χ0n) is 6.80. The van der Waals surface area contributed by atoms with Gasteiger partial charge < -0.3 is 4.74 Å². The maximum absolute atomic E-state index is 5.99. The van der Waals surface area contributed by atoms with E-state index in [1.165, 1.54) is 8.27 Å². The molecule has 2 rings (SSSR count). The molecule has 68 valence electrons. The summed E-state index contributed by atoms with van der Waals surface area (Å²) in [5.74, 6) is 0.784. The minimum absolute atomic E-state index is 0.674. The molecule has 0 atom stereocenters. The van der Waals surface area contributed by atoms with Gasteiger partial charge in [0, 0.05) is 0 Å². The van der Waals surface area contributed by atoms with Crippen LogP contribution >= 0.6 is 45.5 Å². The highest BCUT2D eigenvalue weighted by molar-refractivity contribution is 14.1. The van der Waals surface area contributed by atoms with E-state index >= 15 is 0 Å². The molecule has 1 heterocycles. The Morgan fingerprint density at radius 1 is 1.46 bits per heavy atom. The van der Waals surface area contributed by atoms with Crippen LogP contribution in [0.2, 0.25) is 5.02 Å². The molecule has 1 nitrogen and oxygen atoms in total. The number of benzene rings is 1. The van der Waals surface area contributed by atoms with Crippen LogP contribution in [0.25, 0.3) is 10.1 Å². The average molecular weight is 325 g/mol. The Morgan fingerprint density at radius 3 is 2.92 bits per heavy atom. The second-order valence-electron chi connectivity index (χ2n) is 2.55. The van der Waals surface area contributed by atoms with E-state index in [2.05, 4.69) is 28.7 Å². The number of halogens is 2. The monoisotopic (exact) mass is 324 g/mol. The molecule has 0 aliphatic heterocycles. The van der Waals surface area contributed by atoms with Gasteiger partial charge in [-0.3, -0.25) is 0 Å². The third-order valence-electron chi connectivity index (χ3n) is 1.77. The molecule has 0 aliphatic rings. The summed E-state index contributed by atoms with van der Waals surface area (Å²) >= 11 is 9.98. The Bertz CT molecular complexity index is 452. The highest BCUT2D eigenvalue weighted by atomic mass is 127. The number of fused-ring (bicyclic) bond motifs is 1. The van der Waals surface area contributed by atoms with E-state index in [-0.39, 0.29) is 0 Å². The normalized spacial score (nSPS) is 10.7. The lowest BCUT2D eigenvalue weighted by Crippen LogP contribution is -1.83. The van der Waals surface area contributed by atoms with Crippen molar-refractivity contribution < 1.29 is 4.74 Å². The van der Waals surface area contributed by atoms with E-state index in [0.717, 1.165) is 10.4 Å². The number of ether oxygens (including phenoxy) is 1. The molecule has 0 fully saturated rings. The first kappa shape index (κ1) is 9.55. The lowest BCUT2D eigenvalue weighted by atomic mass is 10.2. The third kappa shape index (κ3) is 1.65. The van der Waals surface area contributed by atoms with Crippen molar-refractivity contribution in [2.75, 3.05) is 7.11 Å². The van der Waals surface area contributed by atoms with Gasteiger partial charge in [0.15, 0.2) is 5.75 Å². The molecule has 4 heteroatoms. The standard InChI is InChI=1S/C9H6ClIOS/c1-12-8-6(10)3-2-5-4-7(11)13-9(5)8/h2-4H,1H3. The molecule has 0 saturated heterocycles.